The van der Waals surface area contributed by atoms with Crippen LogP contribution in [0, 0.1) is 0 Å². The van der Waals surface area contributed by atoms with Crippen molar-refractivity contribution < 1.29 is 48.5 Å². The van der Waals surface area contributed by atoms with Gasteiger partial charge in [0.15, 0.2) is 0 Å². The molecule has 2 rings (SSSR count). The average Bonchev–Trinajstić information content (AvgIpc) is 2.53. The van der Waals surface area contributed by atoms with E-state index in [4.69, 9.17) is 25.0 Å². The standard InChI is InChI=1S/C13H18NO10P/c14-7-4-2-1-3-6(7)12(18)23-13-10(17)11(24-25(19,20)21)9(16)8(5-15)22-13/h1-4,8-11,13,15-17H,5,14H2,(H2,19,20,21). The SMILES string of the molecule is Nc1ccccc1C(=O)OC1OC(CO)C(O)C(OP(=O)(O)O)C1O. The highest BCUT2D eigenvalue weighted by Gasteiger charge is 2.49. The number of carbonyl (C=O) groups excluding carboxylic acids is 1. The number of ether oxygens (including phenoxy) is 2. The molecule has 7 N–H and O–H groups in total. The Morgan fingerprint density at radius 3 is 2.44 bits per heavy atom. The molecule has 0 aromatic heterocycles. The van der Waals surface area contributed by atoms with Crippen LogP contribution in [0.4, 0.5) is 5.69 Å². The largest absolute Gasteiger partial charge is 0.470 e. The Balaban J connectivity index is 2.20. The lowest BCUT2D eigenvalue weighted by Gasteiger charge is -2.40. The molecule has 0 saturated carbocycles. The first-order chi connectivity index (χ1) is 11.6. The van der Waals surface area contributed by atoms with Crippen molar-refractivity contribution in [3.63, 3.8) is 0 Å². The summed E-state index contributed by atoms with van der Waals surface area (Å²) in [4.78, 5) is 29.9. The van der Waals surface area contributed by atoms with Crippen LogP contribution in [0.3, 0.4) is 0 Å². The lowest BCUT2D eigenvalue weighted by atomic mass is 9.99. The zero-order valence-corrected chi connectivity index (χ0v) is 13.6. The Morgan fingerprint density at radius 2 is 1.88 bits per heavy atom. The second-order valence-corrected chi connectivity index (χ2v) is 6.45. The monoisotopic (exact) mass is 379 g/mol. The molecule has 0 bridgehead atoms. The van der Waals surface area contributed by atoms with E-state index in [-0.39, 0.29) is 11.3 Å². The molecule has 0 spiro atoms. The van der Waals surface area contributed by atoms with Gasteiger partial charge in [0.2, 0.25) is 6.29 Å². The van der Waals surface area contributed by atoms with Crippen LogP contribution in [0.2, 0.25) is 0 Å². The van der Waals surface area contributed by atoms with Crippen LogP contribution in [0.1, 0.15) is 10.4 Å². The van der Waals surface area contributed by atoms with Crippen LogP contribution in [-0.4, -0.2) is 68.4 Å². The van der Waals surface area contributed by atoms with Crippen molar-refractivity contribution in [2.24, 2.45) is 0 Å². The molecule has 1 aliphatic rings. The molecule has 1 heterocycles. The van der Waals surface area contributed by atoms with E-state index in [0.29, 0.717) is 0 Å². The Bertz CT molecular complexity index is 664. The average molecular weight is 379 g/mol. The van der Waals surface area contributed by atoms with E-state index in [0.717, 1.165) is 0 Å². The number of nitrogens with two attached hydrogens (primary N) is 1. The Morgan fingerprint density at radius 1 is 1.24 bits per heavy atom. The summed E-state index contributed by atoms with van der Waals surface area (Å²) in [7, 11) is -5.09. The number of para-hydroxylation sites is 1. The van der Waals surface area contributed by atoms with Crippen molar-refractivity contribution >= 4 is 19.5 Å². The predicted octanol–water partition coefficient (Wildman–Crippen LogP) is -1.66. The first kappa shape index (κ1) is 19.8. The zero-order valence-electron chi connectivity index (χ0n) is 12.7. The molecule has 11 nitrogen and oxygen atoms in total. The van der Waals surface area contributed by atoms with E-state index in [1.165, 1.54) is 18.2 Å². The van der Waals surface area contributed by atoms with E-state index in [2.05, 4.69) is 4.52 Å². The highest BCUT2D eigenvalue weighted by Crippen LogP contribution is 2.41. The first-order valence-electron chi connectivity index (χ1n) is 7.06. The Kier molecular flexibility index (Phi) is 6.14. The molecule has 5 unspecified atom stereocenters. The molecule has 1 aromatic carbocycles. The smallest absolute Gasteiger partial charge is 0.429 e. The van der Waals surface area contributed by atoms with Crippen LogP contribution in [-0.2, 0) is 18.6 Å². The van der Waals surface area contributed by atoms with Crippen LogP contribution in [0.15, 0.2) is 24.3 Å². The summed E-state index contributed by atoms with van der Waals surface area (Å²) < 4.78 is 25.4. The highest BCUT2D eigenvalue weighted by atomic mass is 31.2. The fourth-order valence-corrected chi connectivity index (χ4v) is 2.85. The number of rotatable bonds is 5. The minimum absolute atomic E-state index is 0.0302. The van der Waals surface area contributed by atoms with Gasteiger partial charge in [0, 0.05) is 5.69 Å². The van der Waals surface area contributed by atoms with Crippen LogP contribution < -0.4 is 5.73 Å². The minimum Gasteiger partial charge on any atom is -0.429 e. The van der Waals surface area contributed by atoms with Crippen molar-refractivity contribution in [1.82, 2.24) is 0 Å². The van der Waals surface area contributed by atoms with Gasteiger partial charge in [-0.25, -0.2) is 9.36 Å². The quantitative estimate of drug-likeness (QED) is 0.195. The van der Waals surface area contributed by atoms with Gasteiger partial charge in [-0.2, -0.15) is 0 Å². The molecule has 0 aliphatic carbocycles. The Hall–Kier alpha value is -1.56. The van der Waals surface area contributed by atoms with E-state index in [9.17, 15) is 24.7 Å². The molecule has 0 amide bonds. The molecule has 1 fully saturated rings. The van der Waals surface area contributed by atoms with Gasteiger partial charge in [0.05, 0.1) is 12.2 Å². The van der Waals surface area contributed by atoms with E-state index in [1.807, 2.05) is 0 Å². The summed E-state index contributed by atoms with van der Waals surface area (Å²) in [5, 5.41) is 29.2. The summed E-state index contributed by atoms with van der Waals surface area (Å²) in [6, 6.07) is 5.90. The van der Waals surface area contributed by atoms with E-state index < -0.39 is 51.1 Å². The number of nitrogen functional groups attached to an aromatic ring is 1. The molecule has 1 aromatic rings. The first-order valence-corrected chi connectivity index (χ1v) is 8.59. The molecular formula is C13H18NO10P. The third-order valence-corrected chi connectivity index (χ3v) is 4.00. The number of phosphoric acid groups is 1. The maximum absolute atomic E-state index is 12.1. The van der Waals surface area contributed by atoms with Gasteiger partial charge in [0.25, 0.3) is 0 Å². The van der Waals surface area contributed by atoms with Crippen molar-refractivity contribution in [2.75, 3.05) is 12.3 Å². The third kappa shape index (κ3) is 4.75. The van der Waals surface area contributed by atoms with Gasteiger partial charge in [-0.1, -0.05) is 12.1 Å². The number of aliphatic hydroxyl groups is 3. The van der Waals surface area contributed by atoms with Gasteiger partial charge in [-0.05, 0) is 12.1 Å². The molecule has 25 heavy (non-hydrogen) atoms. The van der Waals surface area contributed by atoms with Crippen molar-refractivity contribution in [3.05, 3.63) is 29.8 Å². The van der Waals surface area contributed by atoms with Gasteiger partial charge in [-0.3, -0.25) is 4.52 Å². The summed E-state index contributed by atoms with van der Waals surface area (Å²) in [6.07, 6.45) is -8.74. The van der Waals surface area contributed by atoms with Crippen molar-refractivity contribution in [2.45, 2.75) is 30.7 Å². The van der Waals surface area contributed by atoms with Crippen LogP contribution in [0.25, 0.3) is 0 Å². The molecule has 140 valence electrons. The molecule has 1 aliphatic heterocycles. The summed E-state index contributed by atoms with van der Waals surface area (Å²) in [5.74, 6) is -0.981. The van der Waals surface area contributed by atoms with Gasteiger partial charge in [0.1, 0.15) is 24.4 Å². The number of hydrogen-bond donors (Lipinski definition) is 6. The molecule has 5 atom stereocenters. The molecule has 12 heteroatoms. The number of esters is 1. The summed E-state index contributed by atoms with van der Waals surface area (Å²) >= 11 is 0. The topological polar surface area (TPSA) is 189 Å². The summed E-state index contributed by atoms with van der Waals surface area (Å²) in [5.41, 5.74) is 5.70. The third-order valence-electron chi connectivity index (χ3n) is 3.48. The highest BCUT2D eigenvalue weighted by molar-refractivity contribution is 7.46. The number of anilines is 1. The van der Waals surface area contributed by atoms with Crippen LogP contribution >= 0.6 is 7.82 Å². The molecular weight excluding hydrogens is 361 g/mol. The lowest BCUT2D eigenvalue weighted by Crippen LogP contribution is -2.60. The predicted molar refractivity (Wildman–Crippen MR) is 80.9 cm³/mol. The lowest BCUT2D eigenvalue weighted by molar-refractivity contribution is -0.282. The normalized spacial score (nSPS) is 30.0. The van der Waals surface area contributed by atoms with E-state index >= 15 is 0 Å². The fraction of sp³-hybridized carbons (Fsp3) is 0.462. The second kappa shape index (κ2) is 7.77. The number of hydrogen-bond acceptors (Lipinski definition) is 9. The second-order valence-electron chi connectivity index (χ2n) is 5.26. The van der Waals surface area contributed by atoms with Gasteiger partial charge < -0.3 is 40.3 Å². The maximum Gasteiger partial charge on any atom is 0.470 e. The maximum atomic E-state index is 12.1. The minimum atomic E-state index is -5.09. The van der Waals surface area contributed by atoms with Gasteiger partial charge in [-0.15, -0.1) is 0 Å². The number of aliphatic hydroxyl groups excluding tert-OH is 3. The molecule has 0 radical (unpaired) electrons. The number of carbonyl (C=O) groups is 1. The van der Waals surface area contributed by atoms with Crippen LogP contribution in [0.5, 0.6) is 0 Å². The Labute approximate surface area is 141 Å². The number of benzene rings is 1. The zero-order chi connectivity index (χ0) is 18.8. The van der Waals surface area contributed by atoms with Crippen molar-refractivity contribution in [1.29, 1.82) is 0 Å². The summed E-state index contributed by atoms with van der Waals surface area (Å²) in [6.45, 7) is -0.781. The van der Waals surface area contributed by atoms with Crippen molar-refractivity contribution in [3.8, 4) is 0 Å². The van der Waals surface area contributed by atoms with Gasteiger partial charge >= 0.3 is 13.8 Å². The molecule has 1 saturated heterocycles. The fourth-order valence-electron chi connectivity index (χ4n) is 2.29. The number of phosphoric ester groups is 1. The van der Waals surface area contributed by atoms with E-state index in [1.54, 1.807) is 6.07 Å².